The Labute approximate surface area is 255 Å². The Kier molecular flexibility index (Phi) is 8.12. The number of carbonyl (C=O) groups is 5. The summed E-state index contributed by atoms with van der Waals surface area (Å²) in [7, 11) is 8.31. The molecule has 5 rings (SSSR count). The van der Waals surface area contributed by atoms with Crippen LogP contribution in [-0.4, -0.2) is 91.1 Å². The van der Waals surface area contributed by atoms with E-state index in [4.69, 9.17) is 10.5 Å². The second kappa shape index (κ2) is 11.4. The van der Waals surface area contributed by atoms with Crippen LogP contribution in [0.15, 0.2) is 30.3 Å². The van der Waals surface area contributed by atoms with E-state index < -0.39 is 64.4 Å². The second-order valence-corrected chi connectivity index (χ2v) is 12.4. The number of fused-ring (bicyclic) bond motifs is 3. The zero-order valence-corrected chi connectivity index (χ0v) is 25.4. The molecule has 6 atom stereocenters. The number of ketones is 4. The Morgan fingerprint density at radius 2 is 1.73 bits per heavy atom. The number of nitrogens with one attached hydrogen (secondary N) is 1. The molecule has 2 aromatic carbocycles. The summed E-state index contributed by atoms with van der Waals surface area (Å²) < 4.78 is 5.41. The van der Waals surface area contributed by atoms with Crippen molar-refractivity contribution in [2.75, 3.05) is 40.2 Å². The fourth-order valence-corrected chi connectivity index (χ4v) is 7.42. The molecule has 5 N–H and O–H groups in total. The molecule has 3 aliphatic rings. The lowest BCUT2D eigenvalue weighted by atomic mass is 9.52. The lowest BCUT2D eigenvalue weighted by Gasteiger charge is -2.52. The van der Waals surface area contributed by atoms with E-state index in [1.165, 1.54) is 4.90 Å². The highest BCUT2D eigenvalue weighted by molar-refractivity contribution is 6.32. The van der Waals surface area contributed by atoms with E-state index in [0.29, 0.717) is 29.1 Å². The smallest absolute Gasteiger partial charge is 0.235 e. The van der Waals surface area contributed by atoms with Crippen molar-refractivity contribution in [2.45, 2.75) is 37.6 Å². The first-order chi connectivity index (χ1) is 20.7. The fraction of sp³-hybridized carbons (Fsp3) is 0.469. The van der Waals surface area contributed by atoms with E-state index in [0.717, 1.165) is 5.56 Å². The molecule has 0 heterocycles. The number of likely N-dealkylation sites (N-methyl/N-ethyl adjacent to an activating group) is 1. The van der Waals surface area contributed by atoms with Gasteiger partial charge in [-0.25, -0.2) is 0 Å². The average molecular weight is 607 g/mol. The Morgan fingerprint density at radius 3 is 2.34 bits per heavy atom. The van der Waals surface area contributed by atoms with Crippen molar-refractivity contribution in [1.82, 2.24) is 10.2 Å². The molecule has 234 valence electrons. The predicted octanol–water partition coefficient (Wildman–Crippen LogP) is 0.231. The number of carbonyl (C=O) groups excluding carboxylic acids is 5. The summed E-state index contributed by atoms with van der Waals surface area (Å²) in [6.07, 6.45) is 0.196. The van der Waals surface area contributed by atoms with Crippen LogP contribution < -0.4 is 20.7 Å². The number of nitrogens with two attached hydrogens (primary N) is 1. The van der Waals surface area contributed by atoms with E-state index in [2.05, 4.69) is 5.32 Å². The molecule has 12 nitrogen and oxygen atoms in total. The quantitative estimate of drug-likeness (QED) is 0.302. The number of methoxy groups -OCH3 is 1. The van der Waals surface area contributed by atoms with E-state index in [-0.39, 0.29) is 30.7 Å². The predicted molar refractivity (Wildman–Crippen MR) is 159 cm³/mol. The van der Waals surface area contributed by atoms with Gasteiger partial charge in [0, 0.05) is 49.9 Å². The third-order valence-electron chi connectivity index (χ3n) is 9.42. The van der Waals surface area contributed by atoms with Crippen LogP contribution in [0.5, 0.6) is 11.5 Å². The van der Waals surface area contributed by atoms with Crippen molar-refractivity contribution in [3.63, 3.8) is 0 Å². The zero-order valence-electron chi connectivity index (χ0n) is 25.4. The van der Waals surface area contributed by atoms with E-state index in [1.54, 1.807) is 27.3 Å². The van der Waals surface area contributed by atoms with Gasteiger partial charge >= 0.3 is 0 Å². The highest BCUT2D eigenvalue weighted by Gasteiger charge is 2.69. The maximum atomic E-state index is 14.2. The number of amides is 1. The number of aromatic hydroxyl groups is 1. The normalized spacial score (nSPS) is 27.9. The van der Waals surface area contributed by atoms with Crippen molar-refractivity contribution in [3.8, 4) is 11.5 Å². The highest BCUT2D eigenvalue weighted by atomic mass is 16.5. The number of Topliss-reactive ketones (excluding diaryl/α,β-unsaturated/α-hetero) is 4. The fourth-order valence-electron chi connectivity index (χ4n) is 7.42. The van der Waals surface area contributed by atoms with Crippen LogP contribution in [0.3, 0.4) is 0 Å². The van der Waals surface area contributed by atoms with Gasteiger partial charge in [0.15, 0.2) is 34.7 Å². The topological polar surface area (TPSA) is 180 Å². The van der Waals surface area contributed by atoms with Crippen molar-refractivity contribution < 1.29 is 38.9 Å². The largest absolute Gasteiger partial charge is 0.507 e. The van der Waals surface area contributed by atoms with Crippen molar-refractivity contribution >= 4 is 34.7 Å². The molecule has 2 unspecified atom stereocenters. The molecule has 2 fully saturated rings. The summed E-state index contributed by atoms with van der Waals surface area (Å²) in [6.45, 7) is 0.600. The summed E-state index contributed by atoms with van der Waals surface area (Å²) >= 11 is 0. The lowest BCUT2D eigenvalue weighted by Crippen LogP contribution is -2.74. The molecule has 0 saturated heterocycles. The van der Waals surface area contributed by atoms with E-state index in [1.807, 2.05) is 43.3 Å². The van der Waals surface area contributed by atoms with Crippen LogP contribution in [-0.2, 0) is 38.7 Å². The van der Waals surface area contributed by atoms with Gasteiger partial charge < -0.3 is 30.9 Å². The van der Waals surface area contributed by atoms with Crippen molar-refractivity contribution in [1.29, 1.82) is 0 Å². The van der Waals surface area contributed by atoms with Crippen LogP contribution in [0.2, 0.25) is 0 Å². The Hall–Kier alpha value is -4.13. The molecule has 12 heteroatoms. The molecular formula is C32H38N4O8. The maximum Gasteiger partial charge on any atom is 0.235 e. The van der Waals surface area contributed by atoms with E-state index >= 15 is 0 Å². The minimum atomic E-state index is -2.76. The van der Waals surface area contributed by atoms with E-state index in [9.17, 15) is 34.2 Å². The Balaban J connectivity index is 1.54. The number of anilines is 1. The van der Waals surface area contributed by atoms with Crippen LogP contribution in [0.1, 0.15) is 33.5 Å². The van der Waals surface area contributed by atoms with Gasteiger partial charge in [-0.2, -0.15) is 0 Å². The van der Waals surface area contributed by atoms with Gasteiger partial charge in [0.2, 0.25) is 5.91 Å². The van der Waals surface area contributed by atoms with Gasteiger partial charge in [-0.3, -0.25) is 28.9 Å². The number of phenols is 1. The zero-order chi connectivity index (χ0) is 32.2. The van der Waals surface area contributed by atoms with Crippen molar-refractivity contribution in [2.24, 2.45) is 29.4 Å². The maximum absolute atomic E-state index is 14.2. The second-order valence-electron chi connectivity index (χ2n) is 12.4. The van der Waals surface area contributed by atoms with Gasteiger partial charge in [0.25, 0.3) is 0 Å². The first-order valence-electron chi connectivity index (χ1n) is 14.5. The molecule has 3 aliphatic carbocycles. The first kappa shape index (κ1) is 31.3. The number of aliphatic hydroxyl groups is 1. The van der Waals surface area contributed by atoms with Gasteiger partial charge in [-0.05, 0) is 50.6 Å². The molecule has 0 bridgehead atoms. The molecule has 0 aliphatic heterocycles. The Bertz CT molecular complexity index is 1570. The highest BCUT2D eigenvalue weighted by Crippen LogP contribution is 2.52. The number of rotatable bonds is 8. The van der Waals surface area contributed by atoms with Crippen LogP contribution >= 0.6 is 0 Å². The SMILES string of the molecule is COc1ccccc1CNCc1cc(N(C)C)c2c(c1O)C(=O)C1C(=O)[C@]3(O)C(=O)C(C(N)=O)C(=O)[C@@H](N(C)C)[C@@H]3C[C@@H]1C2. The van der Waals surface area contributed by atoms with Crippen LogP contribution in [0, 0.1) is 23.7 Å². The van der Waals surface area contributed by atoms with Crippen LogP contribution in [0.25, 0.3) is 0 Å². The molecule has 1 amide bonds. The molecule has 0 spiro atoms. The summed E-state index contributed by atoms with van der Waals surface area (Å²) in [5.41, 5.74) is 5.16. The number of nitrogens with zero attached hydrogens (tertiary/aromatic N) is 2. The molecule has 0 radical (unpaired) electrons. The van der Waals surface area contributed by atoms with Gasteiger partial charge in [0.1, 0.15) is 11.5 Å². The lowest BCUT2D eigenvalue weighted by molar-refractivity contribution is -0.181. The molecule has 2 aromatic rings. The molecule has 44 heavy (non-hydrogen) atoms. The van der Waals surface area contributed by atoms with Gasteiger partial charge in [-0.15, -0.1) is 0 Å². The molecule has 2 saturated carbocycles. The molecule has 0 aromatic heterocycles. The molecular weight excluding hydrogens is 568 g/mol. The number of phenolic OH excluding ortho intramolecular Hbond substituents is 1. The van der Waals surface area contributed by atoms with Crippen LogP contribution in [0.4, 0.5) is 5.69 Å². The number of hydrogen-bond donors (Lipinski definition) is 4. The number of ether oxygens (including phenoxy) is 1. The number of hydrogen-bond acceptors (Lipinski definition) is 11. The minimum absolute atomic E-state index is 0.000257. The van der Waals surface area contributed by atoms with Gasteiger partial charge in [-0.1, -0.05) is 18.2 Å². The first-order valence-corrected chi connectivity index (χ1v) is 14.5. The monoisotopic (exact) mass is 606 g/mol. The van der Waals surface area contributed by atoms with Crippen molar-refractivity contribution in [3.05, 3.63) is 52.6 Å². The third kappa shape index (κ3) is 4.68. The number of primary amides is 1. The Morgan fingerprint density at radius 1 is 1.07 bits per heavy atom. The number of benzene rings is 2. The summed E-state index contributed by atoms with van der Waals surface area (Å²) in [5, 5.41) is 26.5. The van der Waals surface area contributed by atoms with Gasteiger partial charge in [0.05, 0.1) is 24.6 Å². The average Bonchev–Trinajstić information content (AvgIpc) is 2.95. The minimum Gasteiger partial charge on any atom is -0.507 e. The summed E-state index contributed by atoms with van der Waals surface area (Å²) in [4.78, 5) is 70.5. The third-order valence-corrected chi connectivity index (χ3v) is 9.42. The standard InChI is InChI=1S/C32H38N4O8/c1-35(2)20-12-17(14-34-13-15-8-6-7-9-21(15)44-5)26(37)23-18(20)10-16-11-19-25(36(3)4)28(39)24(31(33)42)30(41)32(19,43)29(40)22(16)27(23)38/h6-9,12,16,19,22,24-25,34,37,43H,10-11,13-14H2,1-5H3,(H2,33,42)/t16-,19-,22?,24?,25-,32-/m0/s1. The summed E-state index contributed by atoms with van der Waals surface area (Å²) in [6, 6.07) is 8.14. The number of para-hydroxylation sites is 1. The summed E-state index contributed by atoms with van der Waals surface area (Å²) in [5.74, 6) is -9.94.